The van der Waals surface area contributed by atoms with Crippen LogP contribution in [-0.2, 0) is 14.3 Å². The lowest BCUT2D eigenvalue weighted by atomic mass is 9.91. The minimum Gasteiger partial charge on any atom is -0.451 e. The van der Waals surface area contributed by atoms with Crippen LogP contribution < -0.4 is 31.5 Å². The summed E-state index contributed by atoms with van der Waals surface area (Å²) in [6.07, 6.45) is -4.58. The van der Waals surface area contributed by atoms with Crippen LogP contribution in [0.4, 0.5) is 29.6 Å². The van der Waals surface area contributed by atoms with Crippen LogP contribution in [0.25, 0.3) is 11.2 Å². The van der Waals surface area contributed by atoms with Crippen molar-refractivity contribution in [1.29, 1.82) is 0 Å². The van der Waals surface area contributed by atoms with Crippen molar-refractivity contribution in [2.45, 2.75) is 68.6 Å². The summed E-state index contributed by atoms with van der Waals surface area (Å²) < 4.78 is 45.9. The van der Waals surface area contributed by atoms with Crippen molar-refractivity contribution in [3.63, 3.8) is 0 Å². The number of hydrogen-bond donors (Lipinski definition) is 6. The van der Waals surface area contributed by atoms with Crippen molar-refractivity contribution in [2.24, 2.45) is 0 Å². The summed E-state index contributed by atoms with van der Waals surface area (Å²) in [6, 6.07) is 22.4. The number of nitrogens with zero attached hydrogens (tertiary/aromatic N) is 6. The fourth-order valence-electron chi connectivity index (χ4n) is 7.86. The lowest BCUT2D eigenvalue weighted by Gasteiger charge is -2.33. The maximum absolute atomic E-state index is 13.7. The average Bonchev–Trinajstić information content (AvgIpc) is 3.82. The van der Waals surface area contributed by atoms with Gasteiger partial charge in [0.05, 0.1) is 18.4 Å². The number of nitrogens with one attached hydrogen (secondary N) is 5. The first-order valence-electron chi connectivity index (χ1n) is 20.2. The van der Waals surface area contributed by atoms with Crippen LogP contribution in [0.5, 0.6) is 0 Å². The van der Waals surface area contributed by atoms with E-state index in [2.05, 4.69) is 51.4 Å². The molecule has 4 heterocycles. The number of alkyl halides is 3. The highest BCUT2D eigenvalue weighted by atomic mass is 19.4. The van der Waals surface area contributed by atoms with Gasteiger partial charge in [0.25, 0.3) is 5.91 Å². The second kappa shape index (κ2) is 19.3. The molecule has 326 valence electrons. The number of carbonyl (C=O) groups excluding carboxylic acids is 4. The predicted molar refractivity (Wildman–Crippen MR) is 220 cm³/mol. The molecule has 2 aromatic carbocycles. The third kappa shape index (κ3) is 10.4. The number of amides is 4. The topological polar surface area (TPSA) is 218 Å². The number of piperidine rings is 1. The van der Waals surface area contributed by atoms with Gasteiger partial charge in [-0.15, -0.1) is 0 Å². The first-order chi connectivity index (χ1) is 29.9. The molecule has 5 aromatic rings. The van der Waals surface area contributed by atoms with Crippen molar-refractivity contribution in [3.05, 3.63) is 108 Å². The second-order valence-electron chi connectivity index (χ2n) is 15.0. The Kier molecular flexibility index (Phi) is 13.4. The van der Waals surface area contributed by atoms with E-state index < -0.39 is 48.3 Å². The number of anilines is 2. The molecule has 3 aromatic heterocycles. The summed E-state index contributed by atoms with van der Waals surface area (Å²) in [5.41, 5.74) is 2.18. The molecule has 2 aliphatic rings. The van der Waals surface area contributed by atoms with Crippen molar-refractivity contribution in [2.75, 3.05) is 42.9 Å². The first kappa shape index (κ1) is 43.3. The number of hydrogen-bond acceptors (Lipinski definition) is 12. The van der Waals surface area contributed by atoms with Gasteiger partial charge in [-0.05, 0) is 42.5 Å². The molecule has 4 atom stereocenters. The van der Waals surface area contributed by atoms with E-state index in [1.807, 2.05) is 78.9 Å². The largest absolute Gasteiger partial charge is 0.490 e. The molecule has 4 amide bonds. The molecule has 1 saturated heterocycles. The Morgan fingerprint density at radius 3 is 2.16 bits per heavy atom. The van der Waals surface area contributed by atoms with Gasteiger partial charge in [0.15, 0.2) is 17.6 Å². The molecule has 0 bridgehead atoms. The smallest absolute Gasteiger partial charge is 0.451 e. The Labute approximate surface area is 353 Å². The number of benzene rings is 2. The van der Waals surface area contributed by atoms with Gasteiger partial charge in [0.2, 0.25) is 11.7 Å². The van der Waals surface area contributed by atoms with Crippen LogP contribution in [0.2, 0.25) is 0 Å². The van der Waals surface area contributed by atoms with Gasteiger partial charge in [-0.3, -0.25) is 9.59 Å². The highest BCUT2D eigenvalue weighted by molar-refractivity contribution is 5.94. The summed E-state index contributed by atoms with van der Waals surface area (Å²) in [6.45, 7) is 2.96. The third-order valence-electron chi connectivity index (χ3n) is 10.8. The second-order valence-corrected chi connectivity index (χ2v) is 15.0. The van der Waals surface area contributed by atoms with Crippen LogP contribution in [0.15, 0.2) is 91.4 Å². The quantitative estimate of drug-likeness (QED) is 0.0700. The van der Waals surface area contributed by atoms with Gasteiger partial charge >= 0.3 is 18.2 Å². The normalized spacial score (nSPS) is 19.2. The molecule has 17 nitrogen and oxygen atoms in total. The molecule has 1 aliphatic heterocycles. The lowest BCUT2D eigenvalue weighted by Crippen LogP contribution is -2.49. The number of rotatable bonds is 14. The van der Waals surface area contributed by atoms with E-state index in [1.54, 1.807) is 6.20 Å². The molecule has 1 aliphatic carbocycles. The molecule has 20 heteroatoms. The van der Waals surface area contributed by atoms with E-state index in [0.29, 0.717) is 0 Å². The minimum atomic E-state index is -5.36. The van der Waals surface area contributed by atoms with Crippen molar-refractivity contribution >= 4 is 46.6 Å². The number of halogens is 3. The zero-order chi connectivity index (χ0) is 43.8. The van der Waals surface area contributed by atoms with Gasteiger partial charge in [-0.1, -0.05) is 66.7 Å². The standard InChI is InChI=1S/C42H46F3N11O6/c1-25(57)51-30-22-31(34(58)35(30)62-40(60)42(43,44)45)56-24-50-33-36(49-23-29(26-10-4-2-5-11-26)27-12-6-3-7-13-27)53-37(54-38(33)56)39(59)47-18-19-48-41(61)52-28-15-20-55(21-16-28)32-14-8-9-17-46-32/h2-14,17,24,28-31,34-35,58H,15-16,18-23H2,1H3,(H,47,59)(H,51,57)(H2,48,52,61)(H,49,53,54)/t30-,31+,34-,35+/m0/s1. The molecule has 1 saturated carbocycles. The summed E-state index contributed by atoms with van der Waals surface area (Å²) in [5, 5.41) is 25.6. The molecule has 0 spiro atoms. The maximum atomic E-state index is 13.7. The van der Waals surface area contributed by atoms with E-state index in [-0.39, 0.29) is 66.9 Å². The number of pyridine rings is 1. The van der Waals surface area contributed by atoms with Crippen LogP contribution in [-0.4, -0.2) is 117 Å². The molecule has 6 N–H and O–H groups in total. The number of carbonyl (C=O) groups is 4. The average molecular weight is 858 g/mol. The zero-order valence-electron chi connectivity index (χ0n) is 33.6. The Balaban J connectivity index is 1.09. The molecule has 62 heavy (non-hydrogen) atoms. The van der Waals surface area contributed by atoms with E-state index in [4.69, 9.17) is 4.74 Å². The van der Waals surface area contributed by atoms with Crippen LogP contribution in [0.1, 0.15) is 59.9 Å². The van der Waals surface area contributed by atoms with Gasteiger partial charge in [0, 0.05) is 57.8 Å². The fourth-order valence-corrected chi connectivity index (χ4v) is 7.86. The number of esters is 1. The number of ether oxygens (including phenoxy) is 1. The Bertz CT molecular complexity index is 2290. The van der Waals surface area contributed by atoms with Crippen LogP contribution in [0.3, 0.4) is 0 Å². The monoisotopic (exact) mass is 857 g/mol. The van der Waals surface area contributed by atoms with Crippen LogP contribution >= 0.6 is 0 Å². The SMILES string of the molecule is CC(=O)N[C@H]1C[C@@H](n2cnc3c(NCC(c4ccccc4)c4ccccc4)nc(C(=O)NCCNC(=O)NC4CCN(c5ccccn5)CC4)nc32)[C@H](O)[C@@H]1OC(=O)C(F)(F)F. The number of aromatic nitrogens is 5. The highest BCUT2D eigenvalue weighted by Crippen LogP contribution is 2.37. The van der Waals surface area contributed by atoms with E-state index in [1.165, 1.54) is 10.9 Å². The van der Waals surface area contributed by atoms with Gasteiger partial charge < -0.3 is 45.9 Å². The zero-order valence-corrected chi connectivity index (χ0v) is 33.6. The van der Waals surface area contributed by atoms with Crippen LogP contribution in [0, 0.1) is 0 Å². The number of urea groups is 1. The van der Waals surface area contributed by atoms with Gasteiger partial charge in [-0.25, -0.2) is 29.5 Å². The lowest BCUT2D eigenvalue weighted by molar-refractivity contribution is -0.209. The molecule has 0 radical (unpaired) electrons. The molecule has 2 fully saturated rings. The number of aliphatic hydroxyl groups is 1. The molecular weight excluding hydrogens is 812 g/mol. The van der Waals surface area contributed by atoms with Crippen molar-refractivity contribution in [3.8, 4) is 0 Å². The van der Waals surface area contributed by atoms with E-state index >= 15 is 0 Å². The maximum Gasteiger partial charge on any atom is 0.490 e. The highest BCUT2D eigenvalue weighted by Gasteiger charge is 2.51. The van der Waals surface area contributed by atoms with E-state index in [0.717, 1.165) is 49.8 Å². The number of fused-ring (bicyclic) bond motifs is 1. The minimum absolute atomic E-state index is 0.00384. The predicted octanol–water partition coefficient (Wildman–Crippen LogP) is 3.45. The molecular formula is C42H46F3N11O6. The van der Waals surface area contributed by atoms with Gasteiger partial charge in [-0.2, -0.15) is 13.2 Å². The summed E-state index contributed by atoms with van der Waals surface area (Å²) in [7, 11) is 0. The fraction of sp³-hybridized carbons (Fsp3) is 0.381. The van der Waals surface area contributed by atoms with Crippen molar-refractivity contribution < 1.29 is 42.2 Å². The van der Waals surface area contributed by atoms with E-state index in [9.17, 15) is 37.5 Å². The van der Waals surface area contributed by atoms with Crippen molar-refractivity contribution in [1.82, 2.24) is 45.8 Å². The molecule has 7 rings (SSSR count). The first-order valence-corrected chi connectivity index (χ1v) is 20.2. The summed E-state index contributed by atoms with van der Waals surface area (Å²) in [5.74, 6) is -3.33. The number of aliphatic hydroxyl groups excluding tert-OH is 1. The Morgan fingerprint density at radius 1 is 0.871 bits per heavy atom. The Morgan fingerprint density at radius 2 is 1.53 bits per heavy atom. The summed E-state index contributed by atoms with van der Waals surface area (Å²) >= 11 is 0. The molecule has 0 unspecified atom stereocenters. The van der Waals surface area contributed by atoms with Gasteiger partial charge in [0.1, 0.15) is 17.4 Å². The Hall–Kier alpha value is -6.83. The number of imidazole rings is 1. The third-order valence-corrected chi connectivity index (χ3v) is 10.8. The summed E-state index contributed by atoms with van der Waals surface area (Å²) in [4.78, 5) is 70.5.